The molecule has 1 atom stereocenters. The van der Waals surface area contributed by atoms with E-state index in [9.17, 15) is 0 Å². The second kappa shape index (κ2) is 6.42. The quantitative estimate of drug-likeness (QED) is 0.876. The Kier molecular flexibility index (Phi) is 4.84. The van der Waals surface area contributed by atoms with Gasteiger partial charge in [-0.15, -0.1) is 0 Å². The summed E-state index contributed by atoms with van der Waals surface area (Å²) >= 11 is 3.46. The minimum absolute atomic E-state index is 0.176. The summed E-state index contributed by atoms with van der Waals surface area (Å²) < 4.78 is 7.06. The van der Waals surface area contributed by atoms with Crippen molar-refractivity contribution in [3.63, 3.8) is 0 Å². The second-order valence-electron chi connectivity index (χ2n) is 5.29. The van der Waals surface area contributed by atoms with Crippen LogP contribution in [0.25, 0.3) is 0 Å². The Morgan fingerprint density at radius 2 is 1.65 bits per heavy atom. The first-order valence-electron chi connectivity index (χ1n) is 6.75. The second-order valence-corrected chi connectivity index (χ2v) is 6.21. The van der Waals surface area contributed by atoms with Crippen LogP contribution < -0.4 is 10.5 Å². The van der Waals surface area contributed by atoms with Crippen molar-refractivity contribution in [1.82, 2.24) is 0 Å². The molecule has 2 N–H and O–H groups in total. The Morgan fingerprint density at radius 3 is 2.20 bits per heavy atom. The molecule has 20 heavy (non-hydrogen) atoms. The molecule has 0 aliphatic rings. The first-order valence-corrected chi connectivity index (χ1v) is 7.54. The Morgan fingerprint density at radius 1 is 1.05 bits per heavy atom. The van der Waals surface area contributed by atoms with Crippen molar-refractivity contribution in [2.24, 2.45) is 5.73 Å². The fourth-order valence-electron chi connectivity index (χ4n) is 2.17. The van der Waals surface area contributed by atoms with E-state index in [2.05, 4.69) is 41.1 Å². The van der Waals surface area contributed by atoms with Crippen LogP contribution in [0.15, 0.2) is 40.9 Å². The number of rotatable bonds is 4. The van der Waals surface area contributed by atoms with E-state index in [1.54, 1.807) is 0 Å². The molecule has 0 aliphatic carbocycles. The molecule has 2 rings (SSSR count). The van der Waals surface area contributed by atoms with Gasteiger partial charge in [0.15, 0.2) is 0 Å². The highest BCUT2D eigenvalue weighted by atomic mass is 79.9. The highest BCUT2D eigenvalue weighted by molar-refractivity contribution is 9.10. The maximum absolute atomic E-state index is 6.00. The zero-order valence-electron chi connectivity index (χ0n) is 12.1. The van der Waals surface area contributed by atoms with Gasteiger partial charge in [0, 0.05) is 10.5 Å². The fraction of sp³-hybridized carbons (Fsp3) is 0.294. The summed E-state index contributed by atoms with van der Waals surface area (Å²) in [7, 11) is 0. The molecule has 2 nitrogen and oxygen atoms in total. The molecular weight excluding hydrogens is 314 g/mol. The maximum atomic E-state index is 6.00. The summed E-state index contributed by atoms with van der Waals surface area (Å²) in [4.78, 5) is 0. The van der Waals surface area contributed by atoms with Gasteiger partial charge in [-0.25, -0.2) is 0 Å². The SMILES string of the molecule is Cc1cc(Br)ccc1Oc1ccc(CC(C)N)cc1C. The number of hydrogen-bond donors (Lipinski definition) is 1. The summed E-state index contributed by atoms with van der Waals surface area (Å²) in [6.07, 6.45) is 0.887. The third kappa shape index (κ3) is 3.84. The highest BCUT2D eigenvalue weighted by Crippen LogP contribution is 2.30. The van der Waals surface area contributed by atoms with Gasteiger partial charge >= 0.3 is 0 Å². The van der Waals surface area contributed by atoms with E-state index in [1.807, 2.05) is 32.0 Å². The number of aryl methyl sites for hydroxylation is 2. The zero-order valence-corrected chi connectivity index (χ0v) is 13.7. The Bertz CT molecular complexity index is 608. The molecule has 1 unspecified atom stereocenters. The monoisotopic (exact) mass is 333 g/mol. The number of halogens is 1. The van der Waals surface area contributed by atoms with Gasteiger partial charge in [-0.3, -0.25) is 0 Å². The van der Waals surface area contributed by atoms with E-state index in [0.717, 1.165) is 33.5 Å². The minimum Gasteiger partial charge on any atom is -0.457 e. The third-order valence-electron chi connectivity index (χ3n) is 3.15. The summed E-state index contributed by atoms with van der Waals surface area (Å²) in [6.45, 7) is 6.12. The molecule has 0 aliphatic heterocycles. The van der Waals surface area contributed by atoms with Crippen molar-refractivity contribution in [3.8, 4) is 11.5 Å². The minimum atomic E-state index is 0.176. The first-order chi connectivity index (χ1) is 9.45. The van der Waals surface area contributed by atoms with Crippen LogP contribution in [0.2, 0.25) is 0 Å². The van der Waals surface area contributed by atoms with Crippen LogP contribution in [-0.2, 0) is 6.42 Å². The molecule has 0 aromatic heterocycles. The Balaban J connectivity index is 2.21. The van der Waals surface area contributed by atoms with Gasteiger partial charge in [0.1, 0.15) is 11.5 Å². The number of hydrogen-bond acceptors (Lipinski definition) is 2. The molecule has 0 fully saturated rings. The smallest absolute Gasteiger partial charge is 0.130 e. The lowest BCUT2D eigenvalue weighted by Crippen LogP contribution is -2.17. The summed E-state index contributed by atoms with van der Waals surface area (Å²) in [5, 5.41) is 0. The normalized spacial score (nSPS) is 12.2. The van der Waals surface area contributed by atoms with E-state index >= 15 is 0 Å². The number of ether oxygens (including phenoxy) is 1. The molecule has 106 valence electrons. The molecule has 2 aromatic rings. The predicted molar refractivity (Wildman–Crippen MR) is 87.5 cm³/mol. The van der Waals surface area contributed by atoms with Crippen molar-refractivity contribution < 1.29 is 4.74 Å². The average molecular weight is 334 g/mol. The molecule has 0 bridgehead atoms. The van der Waals surface area contributed by atoms with Crippen molar-refractivity contribution >= 4 is 15.9 Å². The van der Waals surface area contributed by atoms with Gasteiger partial charge in [0.05, 0.1) is 0 Å². The summed E-state index contributed by atoms with van der Waals surface area (Å²) in [5.41, 5.74) is 9.32. The van der Waals surface area contributed by atoms with Gasteiger partial charge in [0.2, 0.25) is 0 Å². The van der Waals surface area contributed by atoms with Gasteiger partial charge in [-0.05, 0) is 68.1 Å². The molecule has 0 spiro atoms. The number of nitrogens with two attached hydrogens (primary N) is 1. The van der Waals surface area contributed by atoms with Crippen molar-refractivity contribution in [2.45, 2.75) is 33.2 Å². The lowest BCUT2D eigenvalue weighted by Gasteiger charge is -2.13. The molecule has 0 saturated carbocycles. The van der Waals surface area contributed by atoms with E-state index in [-0.39, 0.29) is 6.04 Å². The first kappa shape index (κ1) is 15.1. The van der Waals surface area contributed by atoms with Crippen LogP contribution in [0.1, 0.15) is 23.6 Å². The van der Waals surface area contributed by atoms with Crippen LogP contribution in [0, 0.1) is 13.8 Å². The van der Waals surface area contributed by atoms with Crippen LogP contribution in [0.4, 0.5) is 0 Å². The lowest BCUT2D eigenvalue weighted by molar-refractivity contribution is 0.474. The van der Waals surface area contributed by atoms with Crippen LogP contribution in [-0.4, -0.2) is 6.04 Å². The van der Waals surface area contributed by atoms with Crippen LogP contribution >= 0.6 is 15.9 Å². The van der Waals surface area contributed by atoms with E-state index in [0.29, 0.717) is 0 Å². The largest absolute Gasteiger partial charge is 0.457 e. The average Bonchev–Trinajstić information content (AvgIpc) is 2.34. The highest BCUT2D eigenvalue weighted by Gasteiger charge is 2.06. The van der Waals surface area contributed by atoms with E-state index in [1.165, 1.54) is 5.56 Å². The van der Waals surface area contributed by atoms with Gasteiger partial charge < -0.3 is 10.5 Å². The van der Waals surface area contributed by atoms with Gasteiger partial charge in [-0.2, -0.15) is 0 Å². The lowest BCUT2D eigenvalue weighted by atomic mass is 10.0. The van der Waals surface area contributed by atoms with Gasteiger partial charge in [-0.1, -0.05) is 28.1 Å². The van der Waals surface area contributed by atoms with Crippen molar-refractivity contribution in [1.29, 1.82) is 0 Å². The van der Waals surface area contributed by atoms with Gasteiger partial charge in [0.25, 0.3) is 0 Å². The van der Waals surface area contributed by atoms with Crippen LogP contribution in [0.5, 0.6) is 11.5 Å². The standard InChI is InChI=1S/C17H20BrNO/c1-11-8-14(10-13(3)19)4-6-16(11)20-17-7-5-15(18)9-12(17)2/h4-9,13H,10,19H2,1-3H3. The number of benzene rings is 2. The fourth-order valence-corrected chi connectivity index (χ4v) is 2.65. The van der Waals surface area contributed by atoms with Crippen molar-refractivity contribution in [3.05, 3.63) is 57.6 Å². The molecule has 3 heteroatoms. The topological polar surface area (TPSA) is 35.2 Å². The zero-order chi connectivity index (χ0) is 14.7. The molecular formula is C17H20BrNO. The van der Waals surface area contributed by atoms with Crippen LogP contribution in [0.3, 0.4) is 0 Å². The Hall–Kier alpha value is -1.32. The molecule has 0 amide bonds. The summed E-state index contributed by atoms with van der Waals surface area (Å²) in [6, 6.07) is 12.4. The maximum Gasteiger partial charge on any atom is 0.130 e. The molecule has 0 heterocycles. The van der Waals surface area contributed by atoms with E-state index < -0.39 is 0 Å². The van der Waals surface area contributed by atoms with E-state index in [4.69, 9.17) is 10.5 Å². The molecule has 2 aromatic carbocycles. The Labute approximate surface area is 129 Å². The molecule has 0 radical (unpaired) electrons. The predicted octanol–water partition coefficient (Wildman–Crippen LogP) is 4.75. The summed E-state index contributed by atoms with van der Waals surface area (Å²) in [5.74, 6) is 1.78. The third-order valence-corrected chi connectivity index (χ3v) is 3.65. The molecule has 0 saturated heterocycles. The van der Waals surface area contributed by atoms with Crippen molar-refractivity contribution in [2.75, 3.05) is 0 Å².